The van der Waals surface area contributed by atoms with Crippen molar-refractivity contribution in [2.45, 2.75) is 52.1 Å². The number of rotatable bonds is 2. The van der Waals surface area contributed by atoms with E-state index in [-0.39, 0.29) is 0 Å². The Morgan fingerprint density at radius 3 is 1.80 bits per heavy atom. The van der Waals surface area contributed by atoms with Crippen LogP contribution in [0.4, 0.5) is 0 Å². The molecular weight excluding hydrogens is 208 g/mol. The summed E-state index contributed by atoms with van der Waals surface area (Å²) in [6, 6.07) is 0.396. The predicted molar refractivity (Wildman–Crippen MR) is 64.0 cm³/mol. The molecule has 0 aromatic carbocycles. The van der Waals surface area contributed by atoms with E-state index in [2.05, 4.69) is 0 Å². The van der Waals surface area contributed by atoms with E-state index < -0.39 is 0 Å². The highest BCUT2D eigenvalue weighted by Gasteiger charge is 2.48. The standard InChI is InChI=1S/C11H17ClO.C2H6/c12-6-13-11-9-2-7-1-8(4-9)5-10(11)3-7;1-2/h7-11H,1-6H2;1-2H3. The fourth-order valence-corrected chi connectivity index (χ4v) is 4.37. The van der Waals surface area contributed by atoms with Crippen LogP contribution in [-0.2, 0) is 4.74 Å². The van der Waals surface area contributed by atoms with Crippen molar-refractivity contribution in [1.29, 1.82) is 0 Å². The van der Waals surface area contributed by atoms with Gasteiger partial charge in [-0.1, -0.05) is 25.4 Å². The average Bonchev–Trinajstić information content (AvgIpc) is 2.25. The molecule has 4 aliphatic rings. The van der Waals surface area contributed by atoms with Crippen molar-refractivity contribution < 1.29 is 4.74 Å². The summed E-state index contributed by atoms with van der Waals surface area (Å²) in [6.45, 7) is 4.00. The van der Waals surface area contributed by atoms with Gasteiger partial charge in [-0.15, -0.1) is 0 Å². The van der Waals surface area contributed by atoms with Crippen LogP contribution in [-0.4, -0.2) is 12.2 Å². The van der Waals surface area contributed by atoms with Crippen LogP contribution >= 0.6 is 11.6 Å². The summed E-state index contributed by atoms with van der Waals surface area (Å²) in [4.78, 5) is 0. The Hall–Kier alpha value is 0.250. The second-order valence-corrected chi connectivity index (χ2v) is 5.39. The maximum absolute atomic E-state index is 5.68. The molecule has 0 N–H and O–H groups in total. The molecule has 4 saturated carbocycles. The minimum atomic E-state index is 0.396. The van der Waals surface area contributed by atoms with Crippen molar-refractivity contribution >= 4 is 11.6 Å². The van der Waals surface area contributed by atoms with Gasteiger partial charge in [-0.3, -0.25) is 0 Å². The van der Waals surface area contributed by atoms with Gasteiger partial charge in [-0.05, 0) is 55.8 Å². The molecule has 2 heteroatoms. The molecule has 0 atom stereocenters. The van der Waals surface area contributed by atoms with Gasteiger partial charge in [0, 0.05) is 0 Å². The third-order valence-electron chi connectivity index (χ3n) is 4.40. The maximum Gasteiger partial charge on any atom is 0.121 e. The first-order valence-corrected chi connectivity index (χ1v) is 7.08. The molecule has 0 amide bonds. The zero-order valence-electron chi connectivity index (χ0n) is 9.92. The number of ether oxygens (including phenoxy) is 1. The lowest BCUT2D eigenvalue weighted by Gasteiger charge is -2.53. The highest BCUT2D eigenvalue weighted by Crippen LogP contribution is 2.54. The summed E-state index contributed by atoms with van der Waals surface area (Å²) >= 11 is 5.67. The van der Waals surface area contributed by atoms with Crippen molar-refractivity contribution in [2.24, 2.45) is 23.7 Å². The normalized spacial score (nSPS) is 46.2. The van der Waals surface area contributed by atoms with E-state index in [4.69, 9.17) is 16.3 Å². The van der Waals surface area contributed by atoms with Gasteiger partial charge in [-0.2, -0.15) is 0 Å². The Morgan fingerprint density at radius 2 is 1.40 bits per heavy atom. The fraction of sp³-hybridized carbons (Fsp3) is 1.00. The molecule has 0 aliphatic heterocycles. The van der Waals surface area contributed by atoms with E-state index in [0.29, 0.717) is 12.2 Å². The third-order valence-corrected chi connectivity index (χ3v) is 4.52. The molecule has 4 bridgehead atoms. The quantitative estimate of drug-likeness (QED) is 0.651. The smallest absolute Gasteiger partial charge is 0.121 e. The lowest BCUT2D eigenvalue weighted by molar-refractivity contribution is -0.115. The number of hydrogen-bond donors (Lipinski definition) is 0. The molecule has 0 unspecified atom stereocenters. The topological polar surface area (TPSA) is 9.23 Å². The minimum absolute atomic E-state index is 0.396. The van der Waals surface area contributed by atoms with Crippen LogP contribution in [0.25, 0.3) is 0 Å². The van der Waals surface area contributed by atoms with E-state index in [1.165, 1.54) is 32.1 Å². The van der Waals surface area contributed by atoms with Crippen LogP contribution < -0.4 is 0 Å². The summed E-state index contributed by atoms with van der Waals surface area (Å²) in [6.07, 6.45) is 7.73. The largest absolute Gasteiger partial charge is 0.362 e. The van der Waals surface area contributed by atoms with Gasteiger partial charge in [0.2, 0.25) is 0 Å². The zero-order valence-corrected chi connectivity index (χ0v) is 10.7. The van der Waals surface area contributed by atoms with Crippen LogP contribution in [0.2, 0.25) is 0 Å². The Labute approximate surface area is 98.5 Å². The fourth-order valence-electron chi connectivity index (χ4n) is 4.22. The van der Waals surface area contributed by atoms with Crippen LogP contribution in [0.5, 0.6) is 0 Å². The van der Waals surface area contributed by atoms with Crippen molar-refractivity contribution in [3.63, 3.8) is 0 Å². The van der Waals surface area contributed by atoms with Crippen LogP contribution in [0.15, 0.2) is 0 Å². The number of hydrogen-bond acceptors (Lipinski definition) is 1. The van der Waals surface area contributed by atoms with Crippen molar-refractivity contribution in [1.82, 2.24) is 0 Å². The zero-order chi connectivity index (χ0) is 10.8. The van der Waals surface area contributed by atoms with Gasteiger partial charge in [0.25, 0.3) is 0 Å². The van der Waals surface area contributed by atoms with Crippen molar-refractivity contribution in [3.05, 3.63) is 0 Å². The van der Waals surface area contributed by atoms with Gasteiger partial charge in [0.05, 0.1) is 6.10 Å². The molecule has 4 rings (SSSR count). The van der Waals surface area contributed by atoms with Gasteiger partial charge in [-0.25, -0.2) is 0 Å². The maximum atomic E-state index is 5.68. The van der Waals surface area contributed by atoms with Gasteiger partial charge in [0.1, 0.15) is 6.07 Å². The summed E-state index contributed by atoms with van der Waals surface area (Å²) in [5.74, 6) is 3.79. The molecule has 0 radical (unpaired) electrons. The van der Waals surface area contributed by atoms with Crippen LogP contribution in [0.3, 0.4) is 0 Å². The molecule has 0 spiro atoms. The summed E-state index contributed by atoms with van der Waals surface area (Å²) in [5, 5.41) is 0. The molecular formula is C13H23ClO. The molecule has 4 fully saturated rings. The molecule has 1 nitrogen and oxygen atoms in total. The first kappa shape index (κ1) is 11.7. The van der Waals surface area contributed by atoms with E-state index in [9.17, 15) is 0 Å². The lowest BCUT2D eigenvalue weighted by Crippen LogP contribution is -2.49. The van der Waals surface area contributed by atoms with Gasteiger partial charge >= 0.3 is 0 Å². The predicted octanol–water partition coefficient (Wildman–Crippen LogP) is 4.05. The first-order chi connectivity index (χ1) is 7.36. The van der Waals surface area contributed by atoms with Crippen LogP contribution in [0.1, 0.15) is 46.0 Å². The van der Waals surface area contributed by atoms with Gasteiger partial charge < -0.3 is 4.74 Å². The van der Waals surface area contributed by atoms with Crippen molar-refractivity contribution in [2.75, 3.05) is 6.07 Å². The number of halogens is 1. The second-order valence-electron chi connectivity index (χ2n) is 5.17. The highest BCUT2D eigenvalue weighted by molar-refractivity contribution is 6.17. The minimum Gasteiger partial charge on any atom is -0.362 e. The van der Waals surface area contributed by atoms with E-state index in [1.807, 2.05) is 13.8 Å². The first-order valence-electron chi connectivity index (χ1n) is 6.54. The Kier molecular flexibility index (Phi) is 3.95. The molecule has 0 aromatic heterocycles. The molecule has 0 saturated heterocycles. The average molecular weight is 231 g/mol. The SMILES string of the molecule is CC.ClCOC1C2CC3CC(C2)CC1C3. The lowest BCUT2D eigenvalue weighted by atomic mass is 9.55. The molecule has 0 aromatic rings. The third kappa shape index (κ3) is 2.19. The Morgan fingerprint density at radius 1 is 0.933 bits per heavy atom. The Bertz CT molecular complexity index is 177. The molecule has 4 aliphatic carbocycles. The summed E-state index contributed by atoms with van der Waals surface area (Å²) in [7, 11) is 0. The van der Waals surface area contributed by atoms with Crippen molar-refractivity contribution in [3.8, 4) is 0 Å². The van der Waals surface area contributed by atoms with E-state index >= 15 is 0 Å². The van der Waals surface area contributed by atoms with E-state index in [1.54, 1.807) is 0 Å². The monoisotopic (exact) mass is 230 g/mol. The van der Waals surface area contributed by atoms with E-state index in [0.717, 1.165) is 23.7 Å². The summed E-state index contributed by atoms with van der Waals surface area (Å²) < 4.78 is 5.68. The second kappa shape index (κ2) is 5.05. The Balaban J connectivity index is 0.000000404. The highest BCUT2D eigenvalue weighted by atomic mass is 35.5. The van der Waals surface area contributed by atoms with Crippen LogP contribution in [0, 0.1) is 23.7 Å². The molecule has 15 heavy (non-hydrogen) atoms. The summed E-state index contributed by atoms with van der Waals surface area (Å²) in [5.41, 5.74) is 0. The molecule has 0 heterocycles. The molecule has 88 valence electrons. The van der Waals surface area contributed by atoms with Gasteiger partial charge in [0.15, 0.2) is 0 Å². The number of alkyl halides is 1.